The van der Waals surface area contributed by atoms with Gasteiger partial charge in [-0.1, -0.05) is 19.1 Å². The number of aryl methyl sites for hydroxylation is 1. The van der Waals surface area contributed by atoms with Gasteiger partial charge in [-0.3, -0.25) is 0 Å². The summed E-state index contributed by atoms with van der Waals surface area (Å²) in [5, 5.41) is 8.17. The van der Waals surface area contributed by atoms with Crippen molar-refractivity contribution in [1.82, 2.24) is 15.1 Å². The molecule has 108 valence electrons. The molecule has 1 aromatic carbocycles. The lowest BCUT2D eigenvalue weighted by Gasteiger charge is -2.15. The monoisotopic (exact) mass is 271 g/mol. The van der Waals surface area contributed by atoms with Crippen LogP contribution in [0.3, 0.4) is 0 Å². The molecule has 1 atom stereocenters. The van der Waals surface area contributed by atoms with Crippen molar-refractivity contribution in [2.75, 3.05) is 6.54 Å². The van der Waals surface area contributed by atoms with Crippen molar-refractivity contribution in [3.05, 3.63) is 46.8 Å². The van der Waals surface area contributed by atoms with Crippen molar-refractivity contribution in [3.8, 4) is 5.69 Å². The fourth-order valence-electron chi connectivity index (χ4n) is 2.38. The van der Waals surface area contributed by atoms with Crippen molar-refractivity contribution < 1.29 is 0 Å². The van der Waals surface area contributed by atoms with Crippen LogP contribution in [0.4, 0.5) is 0 Å². The predicted octanol–water partition coefficient (Wildman–Crippen LogP) is 3.86. The Morgan fingerprint density at radius 3 is 2.60 bits per heavy atom. The smallest absolute Gasteiger partial charge is 0.0652 e. The van der Waals surface area contributed by atoms with Crippen LogP contribution in [-0.4, -0.2) is 16.3 Å². The molecule has 0 saturated heterocycles. The maximum absolute atomic E-state index is 4.64. The minimum absolute atomic E-state index is 0.368. The molecule has 2 aromatic rings. The highest BCUT2D eigenvalue weighted by molar-refractivity contribution is 5.40. The highest BCUT2D eigenvalue weighted by atomic mass is 15.3. The fourth-order valence-corrected chi connectivity index (χ4v) is 2.38. The topological polar surface area (TPSA) is 29.9 Å². The van der Waals surface area contributed by atoms with Crippen LogP contribution in [0, 0.1) is 20.8 Å². The average Bonchev–Trinajstić information content (AvgIpc) is 2.72. The maximum Gasteiger partial charge on any atom is 0.0652 e. The van der Waals surface area contributed by atoms with Gasteiger partial charge in [-0.25, -0.2) is 4.68 Å². The second-order valence-corrected chi connectivity index (χ2v) is 5.48. The molecule has 0 spiro atoms. The van der Waals surface area contributed by atoms with Gasteiger partial charge in [0, 0.05) is 11.7 Å². The van der Waals surface area contributed by atoms with Gasteiger partial charge in [0.15, 0.2) is 0 Å². The van der Waals surface area contributed by atoms with Crippen LogP contribution in [0.5, 0.6) is 0 Å². The summed E-state index contributed by atoms with van der Waals surface area (Å²) in [6, 6.07) is 9.00. The zero-order valence-corrected chi connectivity index (χ0v) is 13.2. The van der Waals surface area contributed by atoms with Gasteiger partial charge in [-0.05, 0) is 63.9 Å². The van der Waals surface area contributed by atoms with Gasteiger partial charge in [0.25, 0.3) is 0 Å². The molecule has 1 aromatic heterocycles. The number of hydrogen-bond donors (Lipinski definition) is 1. The lowest BCUT2D eigenvalue weighted by atomic mass is 10.1. The van der Waals surface area contributed by atoms with E-state index in [1.165, 1.54) is 16.8 Å². The van der Waals surface area contributed by atoms with Crippen LogP contribution in [-0.2, 0) is 0 Å². The van der Waals surface area contributed by atoms with Crippen molar-refractivity contribution in [2.24, 2.45) is 0 Å². The first-order chi connectivity index (χ1) is 9.54. The second kappa shape index (κ2) is 6.23. The molecular weight excluding hydrogens is 246 g/mol. The maximum atomic E-state index is 4.64. The van der Waals surface area contributed by atoms with E-state index in [1.54, 1.807) is 0 Å². The van der Waals surface area contributed by atoms with Crippen LogP contribution in [0.2, 0.25) is 0 Å². The molecule has 1 unspecified atom stereocenters. The molecular formula is C17H25N3. The normalized spacial score (nSPS) is 12.7. The second-order valence-electron chi connectivity index (χ2n) is 5.48. The fraction of sp³-hybridized carbons (Fsp3) is 0.471. The van der Waals surface area contributed by atoms with Crippen LogP contribution in [0.15, 0.2) is 24.3 Å². The van der Waals surface area contributed by atoms with E-state index in [0.29, 0.717) is 6.04 Å². The third-order valence-corrected chi connectivity index (χ3v) is 3.97. The number of aromatic nitrogens is 2. The van der Waals surface area contributed by atoms with Gasteiger partial charge < -0.3 is 5.32 Å². The molecule has 0 bridgehead atoms. The first kappa shape index (κ1) is 14.8. The Hall–Kier alpha value is -1.61. The molecule has 20 heavy (non-hydrogen) atoms. The van der Waals surface area contributed by atoms with Gasteiger partial charge in [-0.15, -0.1) is 0 Å². The molecule has 0 amide bonds. The molecule has 0 radical (unpaired) electrons. The Morgan fingerprint density at radius 2 is 2.00 bits per heavy atom. The quantitative estimate of drug-likeness (QED) is 0.895. The number of rotatable bonds is 5. The summed E-state index contributed by atoms with van der Waals surface area (Å²) in [5.41, 5.74) is 6.04. The highest BCUT2D eigenvalue weighted by Crippen LogP contribution is 2.20. The van der Waals surface area contributed by atoms with E-state index in [-0.39, 0.29) is 0 Å². The Balaban J connectivity index is 2.32. The molecule has 0 saturated carbocycles. The van der Waals surface area contributed by atoms with E-state index in [0.717, 1.165) is 24.3 Å². The van der Waals surface area contributed by atoms with Gasteiger partial charge in [0.05, 0.1) is 11.4 Å². The van der Waals surface area contributed by atoms with Gasteiger partial charge in [0.1, 0.15) is 0 Å². The summed E-state index contributed by atoms with van der Waals surface area (Å²) in [6.45, 7) is 11.8. The van der Waals surface area contributed by atoms with Crippen LogP contribution in [0.25, 0.3) is 5.69 Å². The van der Waals surface area contributed by atoms with E-state index in [4.69, 9.17) is 0 Å². The average molecular weight is 271 g/mol. The van der Waals surface area contributed by atoms with Crippen molar-refractivity contribution in [1.29, 1.82) is 0 Å². The summed E-state index contributed by atoms with van der Waals surface area (Å²) in [5.74, 6) is 0. The van der Waals surface area contributed by atoms with Crippen LogP contribution in [0.1, 0.15) is 48.8 Å². The molecule has 2 rings (SSSR count). The summed E-state index contributed by atoms with van der Waals surface area (Å²) in [4.78, 5) is 0. The van der Waals surface area contributed by atoms with Crippen LogP contribution < -0.4 is 5.32 Å². The summed E-state index contributed by atoms with van der Waals surface area (Å²) < 4.78 is 2.04. The van der Waals surface area contributed by atoms with Gasteiger partial charge in [-0.2, -0.15) is 5.10 Å². The van der Waals surface area contributed by atoms with E-state index >= 15 is 0 Å². The van der Waals surface area contributed by atoms with E-state index in [1.807, 2.05) is 4.68 Å². The molecule has 0 aliphatic rings. The highest BCUT2D eigenvalue weighted by Gasteiger charge is 2.10. The number of nitrogens with zero attached hydrogens (tertiary/aromatic N) is 2. The first-order valence-corrected chi connectivity index (χ1v) is 7.41. The lowest BCUT2D eigenvalue weighted by Crippen LogP contribution is -2.19. The van der Waals surface area contributed by atoms with Crippen LogP contribution >= 0.6 is 0 Å². The molecule has 0 aliphatic heterocycles. The zero-order valence-electron chi connectivity index (χ0n) is 13.2. The predicted molar refractivity (Wildman–Crippen MR) is 84.5 cm³/mol. The largest absolute Gasteiger partial charge is 0.310 e. The first-order valence-electron chi connectivity index (χ1n) is 7.41. The number of benzene rings is 1. The standard InChI is InChI=1S/C17H25N3/c1-6-10-18-14(4)16-8-7-9-17(11-16)20-15(5)12(2)13(3)19-20/h7-9,11,14,18H,6,10H2,1-5H3. The Bertz CT molecular complexity index is 584. The zero-order chi connectivity index (χ0) is 14.7. The summed E-state index contributed by atoms with van der Waals surface area (Å²) >= 11 is 0. The minimum Gasteiger partial charge on any atom is -0.310 e. The molecule has 0 aliphatic carbocycles. The van der Waals surface area contributed by atoms with Crippen molar-refractivity contribution in [2.45, 2.75) is 47.1 Å². The Morgan fingerprint density at radius 1 is 1.25 bits per heavy atom. The third-order valence-electron chi connectivity index (χ3n) is 3.97. The number of nitrogens with one attached hydrogen (secondary N) is 1. The minimum atomic E-state index is 0.368. The van der Waals surface area contributed by atoms with Crippen molar-refractivity contribution in [3.63, 3.8) is 0 Å². The van der Waals surface area contributed by atoms with E-state index < -0.39 is 0 Å². The van der Waals surface area contributed by atoms with E-state index in [2.05, 4.69) is 69.3 Å². The van der Waals surface area contributed by atoms with Gasteiger partial charge in [0.2, 0.25) is 0 Å². The third kappa shape index (κ3) is 2.93. The summed E-state index contributed by atoms with van der Waals surface area (Å²) in [6.07, 6.45) is 1.15. The molecule has 3 heteroatoms. The Labute approximate surface area is 122 Å². The van der Waals surface area contributed by atoms with Gasteiger partial charge >= 0.3 is 0 Å². The number of hydrogen-bond acceptors (Lipinski definition) is 2. The van der Waals surface area contributed by atoms with Crippen molar-refractivity contribution >= 4 is 0 Å². The Kier molecular flexibility index (Phi) is 4.61. The molecule has 0 fully saturated rings. The molecule has 3 nitrogen and oxygen atoms in total. The summed E-state index contributed by atoms with van der Waals surface area (Å²) in [7, 11) is 0. The van der Waals surface area contributed by atoms with E-state index in [9.17, 15) is 0 Å². The molecule has 1 N–H and O–H groups in total. The SMILES string of the molecule is CCCNC(C)c1cccc(-n2nc(C)c(C)c2C)c1. The lowest BCUT2D eigenvalue weighted by molar-refractivity contribution is 0.570. The molecule has 1 heterocycles.